The Morgan fingerprint density at radius 1 is 1.09 bits per heavy atom. The first kappa shape index (κ1) is 14.0. The lowest BCUT2D eigenvalue weighted by atomic mass is 10.1. The van der Waals surface area contributed by atoms with Crippen LogP contribution in [-0.2, 0) is 13.0 Å². The van der Waals surface area contributed by atoms with Gasteiger partial charge >= 0.3 is 0 Å². The maximum Gasteiger partial charge on any atom is 0.143 e. The number of para-hydroxylation sites is 1. The van der Waals surface area contributed by atoms with Crippen LogP contribution in [0.15, 0.2) is 59.8 Å². The van der Waals surface area contributed by atoms with Crippen molar-refractivity contribution >= 4 is 10.9 Å². The molecule has 0 aliphatic carbocycles. The van der Waals surface area contributed by atoms with Crippen molar-refractivity contribution in [1.29, 1.82) is 0 Å². The Hall–Kier alpha value is -2.91. The monoisotopic (exact) mass is 292 g/mol. The van der Waals surface area contributed by atoms with E-state index in [2.05, 4.69) is 15.0 Å². The molecule has 5 heteroatoms. The second kappa shape index (κ2) is 6.70. The van der Waals surface area contributed by atoms with Gasteiger partial charge in [0.15, 0.2) is 0 Å². The molecule has 0 amide bonds. The number of nitrogens with zero attached hydrogens (tertiary/aromatic N) is 3. The Labute approximate surface area is 128 Å². The highest BCUT2D eigenvalue weighted by molar-refractivity contribution is 5.88. The van der Waals surface area contributed by atoms with Crippen LogP contribution in [0.4, 0.5) is 0 Å². The third-order valence-electron chi connectivity index (χ3n) is 3.54. The van der Waals surface area contributed by atoms with Crippen LogP contribution in [0.2, 0.25) is 0 Å². The first-order valence-electron chi connectivity index (χ1n) is 7.15. The van der Waals surface area contributed by atoms with Gasteiger partial charge in [-0.2, -0.15) is 0 Å². The molecule has 3 rings (SSSR count). The van der Waals surface area contributed by atoms with Crippen LogP contribution in [0.1, 0.15) is 11.1 Å². The van der Waals surface area contributed by atoms with E-state index in [0.717, 1.165) is 27.8 Å². The molecule has 0 radical (unpaired) electrons. The van der Waals surface area contributed by atoms with Crippen LogP contribution in [0.5, 0.6) is 5.75 Å². The van der Waals surface area contributed by atoms with Crippen molar-refractivity contribution in [2.75, 3.05) is 6.54 Å². The van der Waals surface area contributed by atoms with Crippen molar-refractivity contribution in [1.82, 2.24) is 4.98 Å². The lowest BCUT2D eigenvalue weighted by Crippen LogP contribution is -1.95. The molecule has 2 aromatic carbocycles. The molecule has 110 valence electrons. The van der Waals surface area contributed by atoms with E-state index < -0.39 is 0 Å². The summed E-state index contributed by atoms with van der Waals surface area (Å²) >= 11 is 0. The van der Waals surface area contributed by atoms with E-state index in [1.807, 2.05) is 54.7 Å². The SMILES string of the molecule is [N-]=[N+]=NCCc1c[nH]c2c(OCc3ccccc3)cccc12. The standard InChI is InChI=1S/C17H16N4O/c18-21-20-10-9-14-11-19-17-15(14)7-4-8-16(17)22-12-13-5-2-1-3-6-13/h1-8,11,19H,9-10,12H2. The number of aromatic amines is 1. The highest BCUT2D eigenvalue weighted by atomic mass is 16.5. The first-order valence-corrected chi connectivity index (χ1v) is 7.15. The summed E-state index contributed by atoms with van der Waals surface area (Å²) in [7, 11) is 0. The zero-order valence-corrected chi connectivity index (χ0v) is 12.1. The van der Waals surface area contributed by atoms with Gasteiger partial charge in [0.2, 0.25) is 0 Å². The third kappa shape index (κ3) is 3.05. The molecule has 0 aliphatic heterocycles. The molecular weight excluding hydrogens is 276 g/mol. The second-order valence-corrected chi connectivity index (χ2v) is 4.97. The van der Waals surface area contributed by atoms with Gasteiger partial charge in [0.05, 0.1) is 5.52 Å². The number of fused-ring (bicyclic) bond motifs is 1. The molecule has 0 atom stereocenters. The predicted octanol–water partition coefficient (Wildman–Crippen LogP) is 4.60. The molecule has 5 nitrogen and oxygen atoms in total. The smallest absolute Gasteiger partial charge is 0.143 e. The summed E-state index contributed by atoms with van der Waals surface area (Å²) in [6.07, 6.45) is 2.67. The number of hydrogen-bond donors (Lipinski definition) is 1. The fraction of sp³-hybridized carbons (Fsp3) is 0.176. The summed E-state index contributed by atoms with van der Waals surface area (Å²) in [6.45, 7) is 0.992. The minimum Gasteiger partial charge on any atom is -0.487 e. The Morgan fingerprint density at radius 2 is 1.95 bits per heavy atom. The van der Waals surface area contributed by atoms with Gasteiger partial charge in [0.1, 0.15) is 12.4 Å². The molecule has 0 saturated heterocycles. The molecular formula is C17H16N4O. The van der Waals surface area contributed by atoms with Gasteiger partial charge in [0.25, 0.3) is 0 Å². The number of H-pyrrole nitrogens is 1. The van der Waals surface area contributed by atoms with Crippen molar-refractivity contribution in [2.24, 2.45) is 5.11 Å². The number of hydrogen-bond acceptors (Lipinski definition) is 2. The van der Waals surface area contributed by atoms with Crippen LogP contribution >= 0.6 is 0 Å². The number of nitrogens with one attached hydrogen (secondary N) is 1. The molecule has 22 heavy (non-hydrogen) atoms. The number of ether oxygens (including phenoxy) is 1. The van der Waals surface area contributed by atoms with Gasteiger partial charge in [-0.15, -0.1) is 0 Å². The molecule has 1 heterocycles. The molecule has 0 fully saturated rings. The van der Waals surface area contributed by atoms with Gasteiger partial charge in [-0.1, -0.05) is 47.6 Å². The summed E-state index contributed by atoms with van der Waals surface area (Å²) in [5.41, 5.74) is 11.6. The zero-order valence-electron chi connectivity index (χ0n) is 12.1. The molecule has 1 N–H and O–H groups in total. The summed E-state index contributed by atoms with van der Waals surface area (Å²) in [5, 5.41) is 4.70. The van der Waals surface area contributed by atoms with E-state index in [4.69, 9.17) is 10.3 Å². The van der Waals surface area contributed by atoms with E-state index >= 15 is 0 Å². The van der Waals surface area contributed by atoms with Gasteiger partial charge in [0, 0.05) is 23.0 Å². The van der Waals surface area contributed by atoms with Crippen LogP contribution in [0.3, 0.4) is 0 Å². The third-order valence-corrected chi connectivity index (χ3v) is 3.54. The number of rotatable bonds is 6. The maximum absolute atomic E-state index is 8.36. The molecule has 0 spiro atoms. The quantitative estimate of drug-likeness (QED) is 0.402. The summed E-state index contributed by atoms with van der Waals surface area (Å²) < 4.78 is 5.93. The van der Waals surface area contributed by atoms with Gasteiger partial charge in [-0.05, 0) is 29.1 Å². The predicted molar refractivity (Wildman–Crippen MR) is 86.8 cm³/mol. The minimum atomic E-state index is 0.457. The average molecular weight is 292 g/mol. The van der Waals surface area contributed by atoms with E-state index in [-0.39, 0.29) is 0 Å². The molecule has 0 bridgehead atoms. The van der Waals surface area contributed by atoms with Crippen molar-refractivity contribution in [2.45, 2.75) is 13.0 Å². The fourth-order valence-corrected chi connectivity index (χ4v) is 2.46. The van der Waals surface area contributed by atoms with Crippen molar-refractivity contribution in [3.8, 4) is 5.75 Å². The highest BCUT2D eigenvalue weighted by Gasteiger charge is 2.08. The highest BCUT2D eigenvalue weighted by Crippen LogP contribution is 2.28. The van der Waals surface area contributed by atoms with E-state index in [1.165, 1.54) is 0 Å². The average Bonchev–Trinajstić information content (AvgIpc) is 2.98. The Bertz CT molecular complexity index is 804. The molecule has 0 unspecified atom stereocenters. The van der Waals surface area contributed by atoms with Gasteiger partial charge in [-0.25, -0.2) is 0 Å². The van der Waals surface area contributed by atoms with Gasteiger partial charge < -0.3 is 9.72 Å². The fourth-order valence-electron chi connectivity index (χ4n) is 2.46. The van der Waals surface area contributed by atoms with Crippen molar-refractivity contribution in [3.63, 3.8) is 0 Å². The maximum atomic E-state index is 8.36. The van der Waals surface area contributed by atoms with E-state index in [9.17, 15) is 0 Å². The lowest BCUT2D eigenvalue weighted by Gasteiger charge is -2.07. The Kier molecular flexibility index (Phi) is 4.27. The summed E-state index contributed by atoms with van der Waals surface area (Å²) in [6, 6.07) is 16.1. The van der Waals surface area contributed by atoms with Gasteiger partial charge in [-0.3, -0.25) is 0 Å². The van der Waals surface area contributed by atoms with Crippen LogP contribution in [0, 0.1) is 0 Å². The minimum absolute atomic E-state index is 0.457. The summed E-state index contributed by atoms with van der Waals surface area (Å²) in [4.78, 5) is 6.05. The topological polar surface area (TPSA) is 73.8 Å². The Morgan fingerprint density at radius 3 is 2.77 bits per heavy atom. The molecule has 0 saturated carbocycles. The first-order chi connectivity index (χ1) is 10.9. The van der Waals surface area contributed by atoms with Crippen molar-refractivity contribution in [3.05, 3.63) is 76.3 Å². The summed E-state index contributed by atoms with van der Waals surface area (Å²) in [5.74, 6) is 0.830. The number of aromatic nitrogens is 1. The second-order valence-electron chi connectivity index (χ2n) is 4.97. The number of benzene rings is 2. The van der Waals surface area contributed by atoms with Crippen LogP contribution in [-0.4, -0.2) is 11.5 Å². The normalized spacial score (nSPS) is 10.4. The largest absolute Gasteiger partial charge is 0.487 e. The molecule has 0 aliphatic rings. The zero-order chi connectivity index (χ0) is 15.2. The van der Waals surface area contributed by atoms with E-state index in [0.29, 0.717) is 19.6 Å². The van der Waals surface area contributed by atoms with Crippen molar-refractivity contribution < 1.29 is 4.74 Å². The molecule has 3 aromatic rings. The lowest BCUT2D eigenvalue weighted by molar-refractivity contribution is 0.309. The molecule has 1 aromatic heterocycles. The Balaban J connectivity index is 1.80. The van der Waals surface area contributed by atoms with Crippen LogP contribution < -0.4 is 4.74 Å². The number of azide groups is 1. The van der Waals surface area contributed by atoms with E-state index in [1.54, 1.807) is 0 Å². The van der Waals surface area contributed by atoms with Crippen LogP contribution in [0.25, 0.3) is 21.3 Å².